The highest BCUT2D eigenvalue weighted by molar-refractivity contribution is 8.01. The fourth-order valence-corrected chi connectivity index (χ4v) is 4.14. The molecule has 3 rings (SSSR count). The average Bonchev–Trinajstić information content (AvgIpc) is 3.10. The van der Waals surface area contributed by atoms with E-state index in [1.165, 1.54) is 11.3 Å². The van der Waals surface area contributed by atoms with Gasteiger partial charge in [0.05, 0.1) is 0 Å². The Bertz CT molecular complexity index is 816. The zero-order valence-electron chi connectivity index (χ0n) is 13.9. The van der Waals surface area contributed by atoms with Crippen LogP contribution in [-0.4, -0.2) is 21.9 Å². The van der Waals surface area contributed by atoms with E-state index in [4.69, 9.17) is 0 Å². The van der Waals surface area contributed by atoms with Crippen LogP contribution in [-0.2, 0) is 0 Å². The average molecular weight is 370 g/mol. The molecule has 0 bridgehead atoms. The smallest absolute Gasteiger partial charge is 0.257 e. The monoisotopic (exact) mass is 369 g/mol. The second kappa shape index (κ2) is 8.78. The molecular weight excluding hydrogens is 350 g/mol. The van der Waals surface area contributed by atoms with Crippen LogP contribution in [0.3, 0.4) is 0 Å². The number of unbranched alkanes of at least 4 members (excludes halogenated alkanes) is 1. The van der Waals surface area contributed by atoms with Crippen LogP contribution in [0.15, 0.2) is 58.9 Å². The van der Waals surface area contributed by atoms with E-state index in [0.717, 1.165) is 34.1 Å². The number of anilines is 1. The van der Waals surface area contributed by atoms with Gasteiger partial charge in [0.15, 0.2) is 4.34 Å². The van der Waals surface area contributed by atoms with Crippen LogP contribution in [0.25, 0.3) is 11.1 Å². The van der Waals surface area contributed by atoms with Gasteiger partial charge in [0.1, 0.15) is 0 Å². The van der Waals surface area contributed by atoms with Gasteiger partial charge in [-0.25, -0.2) is 0 Å². The number of thioether (sulfide) groups is 1. The van der Waals surface area contributed by atoms with Gasteiger partial charge >= 0.3 is 0 Å². The van der Waals surface area contributed by atoms with Gasteiger partial charge in [-0.05, 0) is 29.7 Å². The van der Waals surface area contributed by atoms with E-state index in [0.29, 0.717) is 10.7 Å². The Morgan fingerprint density at radius 3 is 2.48 bits per heavy atom. The predicted octanol–water partition coefficient (Wildman–Crippen LogP) is 5.35. The number of hydrogen-bond acceptors (Lipinski definition) is 5. The summed E-state index contributed by atoms with van der Waals surface area (Å²) >= 11 is 3.10. The van der Waals surface area contributed by atoms with Crippen LogP contribution < -0.4 is 5.32 Å². The summed E-state index contributed by atoms with van der Waals surface area (Å²) in [6.07, 6.45) is 2.31. The van der Waals surface area contributed by atoms with Crippen molar-refractivity contribution >= 4 is 34.1 Å². The third-order valence-electron chi connectivity index (χ3n) is 3.60. The molecule has 128 valence electrons. The number of benzene rings is 2. The molecule has 0 aliphatic carbocycles. The minimum Gasteiger partial charge on any atom is -0.296 e. The Morgan fingerprint density at radius 2 is 1.76 bits per heavy atom. The number of carbonyl (C=O) groups is 1. The van der Waals surface area contributed by atoms with E-state index in [1.807, 2.05) is 54.6 Å². The summed E-state index contributed by atoms with van der Waals surface area (Å²) in [5.41, 5.74) is 2.82. The number of rotatable bonds is 7. The van der Waals surface area contributed by atoms with E-state index in [9.17, 15) is 4.79 Å². The van der Waals surface area contributed by atoms with Crippen molar-refractivity contribution in [2.75, 3.05) is 11.1 Å². The first kappa shape index (κ1) is 17.6. The second-order valence-corrected chi connectivity index (χ2v) is 7.79. The Hall–Kier alpha value is -2.18. The first-order valence-corrected chi connectivity index (χ1v) is 9.99. The highest BCUT2D eigenvalue weighted by atomic mass is 32.2. The van der Waals surface area contributed by atoms with E-state index in [1.54, 1.807) is 11.8 Å². The maximum Gasteiger partial charge on any atom is 0.257 e. The first-order valence-electron chi connectivity index (χ1n) is 8.19. The lowest BCUT2D eigenvalue weighted by Gasteiger charge is -2.04. The topological polar surface area (TPSA) is 54.9 Å². The second-order valence-electron chi connectivity index (χ2n) is 5.47. The van der Waals surface area contributed by atoms with E-state index in [2.05, 4.69) is 22.4 Å². The molecule has 0 saturated heterocycles. The van der Waals surface area contributed by atoms with Crippen LogP contribution >= 0.6 is 23.1 Å². The Kier molecular flexibility index (Phi) is 6.19. The van der Waals surface area contributed by atoms with Gasteiger partial charge in [0.2, 0.25) is 5.13 Å². The highest BCUT2D eigenvalue weighted by Gasteiger charge is 2.10. The summed E-state index contributed by atoms with van der Waals surface area (Å²) in [5.74, 6) is 0.862. The number of nitrogens with one attached hydrogen (secondary N) is 1. The summed E-state index contributed by atoms with van der Waals surface area (Å²) in [4.78, 5) is 12.4. The van der Waals surface area contributed by atoms with Crippen LogP contribution in [0.5, 0.6) is 0 Å². The lowest BCUT2D eigenvalue weighted by Crippen LogP contribution is -2.11. The summed E-state index contributed by atoms with van der Waals surface area (Å²) < 4.78 is 0.892. The SMILES string of the molecule is CCCCSc1nnc(NC(=O)c2ccc(-c3ccccc3)cc2)s1. The summed E-state index contributed by atoms with van der Waals surface area (Å²) in [6.45, 7) is 2.16. The van der Waals surface area contributed by atoms with E-state index in [-0.39, 0.29) is 5.91 Å². The van der Waals surface area contributed by atoms with Crippen LogP contribution in [0.4, 0.5) is 5.13 Å². The van der Waals surface area contributed by atoms with Crippen LogP contribution in [0.1, 0.15) is 30.1 Å². The van der Waals surface area contributed by atoms with E-state index < -0.39 is 0 Å². The predicted molar refractivity (Wildman–Crippen MR) is 105 cm³/mol. The van der Waals surface area contributed by atoms with Gasteiger partial charge in [-0.3, -0.25) is 10.1 Å². The number of hydrogen-bond donors (Lipinski definition) is 1. The number of carbonyl (C=O) groups excluding carboxylic acids is 1. The van der Waals surface area contributed by atoms with Gasteiger partial charge < -0.3 is 0 Å². The molecule has 1 amide bonds. The minimum absolute atomic E-state index is 0.166. The first-order chi connectivity index (χ1) is 12.3. The quantitative estimate of drug-likeness (QED) is 0.346. The van der Waals surface area contributed by atoms with Gasteiger partial charge in [-0.2, -0.15) is 0 Å². The maximum atomic E-state index is 12.4. The summed E-state index contributed by atoms with van der Waals surface area (Å²) in [5, 5.41) is 11.5. The molecule has 1 heterocycles. The Balaban J connectivity index is 1.61. The fraction of sp³-hybridized carbons (Fsp3) is 0.211. The van der Waals surface area contributed by atoms with Gasteiger partial charge in [0, 0.05) is 11.3 Å². The molecule has 0 saturated carbocycles. The Labute approximate surface area is 155 Å². The molecule has 2 aromatic carbocycles. The van der Waals surface area contributed by atoms with E-state index >= 15 is 0 Å². The maximum absolute atomic E-state index is 12.4. The van der Waals surface area contributed by atoms with Crippen molar-refractivity contribution in [1.82, 2.24) is 10.2 Å². The number of nitrogens with zero attached hydrogens (tertiary/aromatic N) is 2. The van der Waals surface area contributed by atoms with Crippen molar-refractivity contribution in [3.05, 3.63) is 60.2 Å². The molecule has 0 fully saturated rings. The van der Waals surface area contributed by atoms with Gasteiger partial charge in [-0.1, -0.05) is 78.9 Å². The summed E-state index contributed by atoms with van der Waals surface area (Å²) in [7, 11) is 0. The zero-order chi connectivity index (χ0) is 17.5. The van der Waals surface area contributed by atoms with Crippen molar-refractivity contribution in [3.63, 3.8) is 0 Å². The Morgan fingerprint density at radius 1 is 1.04 bits per heavy atom. The van der Waals surface area contributed by atoms with Crippen molar-refractivity contribution < 1.29 is 4.79 Å². The molecule has 3 aromatic rings. The zero-order valence-corrected chi connectivity index (χ0v) is 15.6. The van der Waals surface area contributed by atoms with Gasteiger partial charge in [-0.15, -0.1) is 10.2 Å². The molecule has 4 nitrogen and oxygen atoms in total. The highest BCUT2D eigenvalue weighted by Crippen LogP contribution is 2.26. The van der Waals surface area contributed by atoms with Gasteiger partial charge in [0.25, 0.3) is 5.91 Å². The van der Waals surface area contributed by atoms with Crippen molar-refractivity contribution in [1.29, 1.82) is 0 Å². The molecular formula is C19H19N3OS2. The van der Waals surface area contributed by atoms with Crippen molar-refractivity contribution in [2.24, 2.45) is 0 Å². The normalized spacial score (nSPS) is 10.6. The molecule has 25 heavy (non-hydrogen) atoms. The number of aromatic nitrogens is 2. The molecule has 0 unspecified atom stereocenters. The minimum atomic E-state index is -0.166. The molecule has 1 aromatic heterocycles. The third-order valence-corrected chi connectivity index (χ3v) is 5.66. The lowest BCUT2D eigenvalue weighted by molar-refractivity contribution is 0.102. The lowest BCUT2D eigenvalue weighted by atomic mass is 10.0. The molecule has 0 radical (unpaired) electrons. The molecule has 0 atom stereocenters. The summed E-state index contributed by atoms with van der Waals surface area (Å²) in [6, 6.07) is 17.7. The molecule has 0 spiro atoms. The van der Waals surface area contributed by atoms with Crippen molar-refractivity contribution in [3.8, 4) is 11.1 Å². The largest absolute Gasteiger partial charge is 0.296 e. The molecule has 0 aliphatic heterocycles. The molecule has 0 aliphatic rings. The number of amides is 1. The van der Waals surface area contributed by atoms with Crippen molar-refractivity contribution in [2.45, 2.75) is 24.1 Å². The standard InChI is InChI=1S/C19H19N3OS2/c1-2-3-13-24-19-22-21-18(25-19)20-17(23)16-11-9-15(10-12-16)14-7-5-4-6-8-14/h4-12H,2-3,13H2,1H3,(H,20,21,23). The van der Waals surface area contributed by atoms with Crippen LogP contribution in [0, 0.1) is 0 Å². The molecule has 1 N–H and O–H groups in total. The third kappa shape index (κ3) is 4.90. The fourth-order valence-electron chi connectivity index (χ4n) is 2.24. The van der Waals surface area contributed by atoms with Crippen LogP contribution in [0.2, 0.25) is 0 Å². The molecule has 6 heteroatoms.